The van der Waals surface area contributed by atoms with E-state index in [9.17, 15) is 0 Å². The Hall–Kier alpha value is -0.530. The molecule has 72 valence electrons. The maximum absolute atomic E-state index is 3.29. The smallest absolute Gasteiger partial charge is 0.00885 e. The Balaban J connectivity index is 0.000000845. The van der Waals surface area contributed by atoms with Crippen LogP contribution in [0.5, 0.6) is 0 Å². The van der Waals surface area contributed by atoms with Gasteiger partial charge in [-0.1, -0.05) is 31.2 Å². The number of aryl methyl sites for hydroxylation is 1. The van der Waals surface area contributed by atoms with Crippen LogP contribution in [-0.2, 0) is 6.42 Å². The van der Waals surface area contributed by atoms with Gasteiger partial charge in [-0.3, -0.25) is 0 Å². The molecule has 1 aliphatic heterocycles. The van der Waals surface area contributed by atoms with Crippen LogP contribution in [0.3, 0.4) is 0 Å². The van der Waals surface area contributed by atoms with Gasteiger partial charge < -0.3 is 5.32 Å². The molecule has 0 bridgehead atoms. The fourth-order valence-corrected chi connectivity index (χ4v) is 1.55. The molecule has 1 nitrogen and oxygen atoms in total. The van der Waals surface area contributed by atoms with Crippen LogP contribution in [0.2, 0.25) is 0 Å². The highest BCUT2D eigenvalue weighted by atomic mass is 35.5. The standard InChI is InChI=1S/C11H15N.ClH/c1-2-9-3-5-10(6-4-9)11-7-12-8-11;/h3-6,11-12H,2,7-8H2,1H3;1H. The van der Waals surface area contributed by atoms with Crippen LogP contribution >= 0.6 is 12.4 Å². The van der Waals surface area contributed by atoms with Gasteiger partial charge in [-0.25, -0.2) is 0 Å². The van der Waals surface area contributed by atoms with E-state index in [4.69, 9.17) is 0 Å². The van der Waals surface area contributed by atoms with E-state index in [1.165, 1.54) is 11.1 Å². The van der Waals surface area contributed by atoms with E-state index >= 15 is 0 Å². The predicted octanol–water partition coefficient (Wildman–Crippen LogP) is 2.36. The summed E-state index contributed by atoms with van der Waals surface area (Å²) in [7, 11) is 0. The maximum Gasteiger partial charge on any atom is 0.00885 e. The molecule has 1 N–H and O–H groups in total. The summed E-state index contributed by atoms with van der Waals surface area (Å²) >= 11 is 0. The molecule has 1 fully saturated rings. The summed E-state index contributed by atoms with van der Waals surface area (Å²) in [6, 6.07) is 9.02. The summed E-state index contributed by atoms with van der Waals surface area (Å²) in [5.74, 6) is 0.774. The molecule has 2 heteroatoms. The molecule has 1 saturated heterocycles. The van der Waals surface area contributed by atoms with Crippen LogP contribution in [0.25, 0.3) is 0 Å². The van der Waals surface area contributed by atoms with Crippen molar-refractivity contribution >= 4 is 12.4 Å². The van der Waals surface area contributed by atoms with Crippen molar-refractivity contribution in [3.8, 4) is 0 Å². The van der Waals surface area contributed by atoms with Crippen LogP contribution in [0.1, 0.15) is 24.0 Å². The minimum atomic E-state index is 0. The highest BCUT2D eigenvalue weighted by molar-refractivity contribution is 5.85. The third-order valence-corrected chi connectivity index (χ3v) is 2.64. The zero-order valence-corrected chi connectivity index (χ0v) is 8.73. The van der Waals surface area contributed by atoms with Crippen molar-refractivity contribution in [3.63, 3.8) is 0 Å². The van der Waals surface area contributed by atoms with Gasteiger partial charge in [0.2, 0.25) is 0 Å². The van der Waals surface area contributed by atoms with E-state index in [2.05, 4.69) is 36.5 Å². The largest absolute Gasteiger partial charge is 0.315 e. The first-order valence-electron chi connectivity index (χ1n) is 4.69. The van der Waals surface area contributed by atoms with E-state index < -0.39 is 0 Å². The van der Waals surface area contributed by atoms with E-state index in [0.29, 0.717) is 0 Å². The van der Waals surface area contributed by atoms with Gasteiger partial charge in [-0.15, -0.1) is 12.4 Å². The topological polar surface area (TPSA) is 12.0 Å². The van der Waals surface area contributed by atoms with Gasteiger partial charge in [0, 0.05) is 19.0 Å². The van der Waals surface area contributed by atoms with Crippen molar-refractivity contribution in [2.75, 3.05) is 13.1 Å². The van der Waals surface area contributed by atoms with Crippen LogP contribution in [0, 0.1) is 0 Å². The summed E-state index contributed by atoms with van der Waals surface area (Å²) in [5, 5.41) is 3.29. The number of nitrogens with one attached hydrogen (secondary N) is 1. The Kier molecular flexibility index (Phi) is 3.76. The summed E-state index contributed by atoms with van der Waals surface area (Å²) < 4.78 is 0. The summed E-state index contributed by atoms with van der Waals surface area (Å²) in [5.41, 5.74) is 2.93. The van der Waals surface area contributed by atoms with Crippen molar-refractivity contribution in [2.45, 2.75) is 19.3 Å². The molecular weight excluding hydrogens is 182 g/mol. The second-order valence-electron chi connectivity index (χ2n) is 3.45. The number of benzene rings is 1. The molecule has 1 aromatic carbocycles. The van der Waals surface area contributed by atoms with Crippen LogP contribution in [0.4, 0.5) is 0 Å². The monoisotopic (exact) mass is 197 g/mol. The van der Waals surface area contributed by atoms with Crippen molar-refractivity contribution < 1.29 is 0 Å². The van der Waals surface area contributed by atoms with E-state index in [1.807, 2.05) is 0 Å². The molecule has 0 radical (unpaired) electrons. The fourth-order valence-electron chi connectivity index (χ4n) is 1.55. The molecule has 0 spiro atoms. The van der Waals surface area contributed by atoms with Gasteiger partial charge in [-0.2, -0.15) is 0 Å². The summed E-state index contributed by atoms with van der Waals surface area (Å²) in [4.78, 5) is 0. The molecule has 0 unspecified atom stereocenters. The fraction of sp³-hybridized carbons (Fsp3) is 0.455. The molecule has 0 aliphatic carbocycles. The SMILES string of the molecule is CCc1ccc(C2CNC2)cc1.Cl. The Morgan fingerprint density at radius 3 is 2.23 bits per heavy atom. The Bertz CT molecular complexity index is 251. The van der Waals surface area contributed by atoms with Gasteiger partial charge in [0.25, 0.3) is 0 Å². The van der Waals surface area contributed by atoms with Crippen molar-refractivity contribution in [3.05, 3.63) is 35.4 Å². The zero-order chi connectivity index (χ0) is 8.39. The van der Waals surface area contributed by atoms with Gasteiger partial charge in [0.15, 0.2) is 0 Å². The van der Waals surface area contributed by atoms with Gasteiger partial charge in [0.05, 0.1) is 0 Å². The molecule has 13 heavy (non-hydrogen) atoms. The molecule has 0 atom stereocenters. The second-order valence-corrected chi connectivity index (χ2v) is 3.45. The van der Waals surface area contributed by atoms with Crippen molar-refractivity contribution in [2.24, 2.45) is 0 Å². The Labute approximate surface area is 86.0 Å². The number of hydrogen-bond acceptors (Lipinski definition) is 1. The van der Waals surface area contributed by atoms with Crippen molar-refractivity contribution in [1.29, 1.82) is 0 Å². The Morgan fingerprint density at radius 1 is 1.23 bits per heavy atom. The molecule has 2 rings (SSSR count). The van der Waals surface area contributed by atoms with Crippen LogP contribution in [0.15, 0.2) is 24.3 Å². The first-order valence-corrected chi connectivity index (χ1v) is 4.69. The number of halogens is 1. The molecular formula is C11H16ClN. The molecule has 0 saturated carbocycles. The summed E-state index contributed by atoms with van der Waals surface area (Å²) in [6.07, 6.45) is 1.14. The van der Waals surface area contributed by atoms with Gasteiger partial charge in [0.1, 0.15) is 0 Å². The number of rotatable bonds is 2. The molecule has 1 aliphatic rings. The lowest BCUT2D eigenvalue weighted by molar-refractivity contribution is 0.448. The lowest BCUT2D eigenvalue weighted by atomic mass is 9.93. The molecule has 0 aromatic heterocycles. The first-order chi connectivity index (χ1) is 5.90. The maximum atomic E-state index is 3.29. The summed E-state index contributed by atoms with van der Waals surface area (Å²) in [6.45, 7) is 4.51. The van der Waals surface area contributed by atoms with E-state index in [-0.39, 0.29) is 12.4 Å². The highest BCUT2D eigenvalue weighted by Crippen LogP contribution is 2.19. The van der Waals surface area contributed by atoms with Gasteiger partial charge in [-0.05, 0) is 17.5 Å². The normalized spacial score (nSPS) is 16.1. The lowest BCUT2D eigenvalue weighted by Crippen LogP contribution is -2.39. The molecule has 0 amide bonds. The highest BCUT2D eigenvalue weighted by Gasteiger charge is 2.17. The van der Waals surface area contributed by atoms with E-state index in [0.717, 1.165) is 25.4 Å². The zero-order valence-electron chi connectivity index (χ0n) is 7.92. The molecule has 1 aromatic rings. The average molecular weight is 198 g/mol. The van der Waals surface area contributed by atoms with E-state index in [1.54, 1.807) is 0 Å². The lowest BCUT2D eigenvalue weighted by Gasteiger charge is -2.27. The predicted molar refractivity (Wildman–Crippen MR) is 58.7 cm³/mol. The second kappa shape index (κ2) is 4.64. The minimum Gasteiger partial charge on any atom is -0.315 e. The average Bonchev–Trinajstić information content (AvgIpc) is 2.03. The van der Waals surface area contributed by atoms with Crippen LogP contribution < -0.4 is 5.32 Å². The number of hydrogen-bond donors (Lipinski definition) is 1. The Morgan fingerprint density at radius 2 is 1.85 bits per heavy atom. The van der Waals surface area contributed by atoms with Crippen LogP contribution in [-0.4, -0.2) is 13.1 Å². The minimum absolute atomic E-state index is 0. The third kappa shape index (κ3) is 2.23. The van der Waals surface area contributed by atoms with Crippen molar-refractivity contribution in [1.82, 2.24) is 5.32 Å². The molecule has 1 heterocycles. The third-order valence-electron chi connectivity index (χ3n) is 2.64. The first kappa shape index (κ1) is 10.6. The van der Waals surface area contributed by atoms with Gasteiger partial charge >= 0.3 is 0 Å². The quantitative estimate of drug-likeness (QED) is 0.768.